The number of imidazole rings is 1. The predicted octanol–water partition coefficient (Wildman–Crippen LogP) is 6.92. The van der Waals surface area contributed by atoms with E-state index in [-0.39, 0.29) is 48.2 Å². The molecule has 4 amide bonds. The third kappa shape index (κ3) is 11.3. The zero-order valence-corrected chi connectivity index (χ0v) is 40.2. The number of fused-ring (bicyclic) bond motifs is 2. The Balaban J connectivity index is 1.26. The first-order chi connectivity index (χ1) is 32.1. The van der Waals surface area contributed by atoms with Crippen LogP contribution in [-0.2, 0) is 56.9 Å². The van der Waals surface area contributed by atoms with Crippen molar-refractivity contribution in [3.05, 3.63) is 129 Å². The molecule has 354 valence electrons. The number of nitrogens with zero attached hydrogens (tertiary/aromatic N) is 6. The van der Waals surface area contributed by atoms with E-state index in [9.17, 15) is 9.59 Å². The van der Waals surface area contributed by atoms with Crippen molar-refractivity contribution in [2.75, 3.05) is 40.9 Å². The van der Waals surface area contributed by atoms with Crippen molar-refractivity contribution >= 4 is 46.8 Å². The molecule has 2 aromatic heterocycles. The standard InChI is InChI=1S/C50H57Cl2FN8O6/c1-31-9-7-10-38(56-31)21-35-22-46(62)61(28-40-41(53)23-37(52)24-44(40)67-39-17-13-34(14-18-39)43-26-55-45(27-54-3)58(43)4)32(2)47(63)57-42(29-66-6)49(65)59(5)50(19-8-20-60(30-50)48(35)64)25-33-11-15-36(51)16-12-33/h7,9-18,23-24,26,32,35,42,54H,8,19-22,25,27-30H2,1-6H3,(H,57,63)/t32-,35+,42-,50+/m0/s1. The van der Waals surface area contributed by atoms with Crippen LogP contribution in [-0.4, -0.2) is 111 Å². The number of hydrogen-bond acceptors (Lipinski definition) is 9. The van der Waals surface area contributed by atoms with E-state index < -0.39 is 53.6 Å². The van der Waals surface area contributed by atoms with E-state index in [4.69, 9.17) is 32.7 Å². The summed E-state index contributed by atoms with van der Waals surface area (Å²) in [7, 11) is 6.90. The molecular weight excluding hydrogens is 899 g/mol. The predicted molar refractivity (Wildman–Crippen MR) is 254 cm³/mol. The van der Waals surface area contributed by atoms with E-state index in [1.54, 1.807) is 47.3 Å². The van der Waals surface area contributed by atoms with Crippen LogP contribution in [0.5, 0.6) is 11.5 Å². The number of rotatable bonds is 13. The summed E-state index contributed by atoms with van der Waals surface area (Å²) >= 11 is 12.7. The summed E-state index contributed by atoms with van der Waals surface area (Å²) in [5, 5.41) is 6.58. The number of aryl methyl sites for hydroxylation is 1. The van der Waals surface area contributed by atoms with Crippen molar-refractivity contribution in [3.63, 3.8) is 0 Å². The summed E-state index contributed by atoms with van der Waals surface area (Å²) in [6.45, 7) is 3.87. The van der Waals surface area contributed by atoms with Crippen LogP contribution in [0.3, 0.4) is 0 Å². The Morgan fingerprint density at radius 3 is 2.42 bits per heavy atom. The highest BCUT2D eigenvalue weighted by atomic mass is 35.5. The first-order valence-electron chi connectivity index (χ1n) is 22.3. The van der Waals surface area contributed by atoms with E-state index in [1.807, 2.05) is 68.1 Å². The summed E-state index contributed by atoms with van der Waals surface area (Å²) in [5.41, 5.74) is 3.06. The molecule has 0 saturated carbocycles. The van der Waals surface area contributed by atoms with E-state index in [2.05, 4.69) is 20.6 Å². The highest BCUT2D eigenvalue weighted by molar-refractivity contribution is 6.31. The van der Waals surface area contributed by atoms with Gasteiger partial charge in [-0.2, -0.15) is 0 Å². The molecule has 7 rings (SSSR count). The molecule has 4 heterocycles. The average Bonchev–Trinajstić information content (AvgIpc) is 3.67. The van der Waals surface area contributed by atoms with Crippen molar-refractivity contribution in [2.45, 2.75) is 76.7 Å². The number of piperidine rings is 1. The number of amides is 4. The van der Waals surface area contributed by atoms with Crippen LogP contribution < -0.4 is 15.4 Å². The molecule has 0 spiro atoms. The van der Waals surface area contributed by atoms with Gasteiger partial charge in [0.2, 0.25) is 23.6 Å². The number of halogens is 3. The van der Waals surface area contributed by atoms with Gasteiger partial charge in [-0.25, -0.2) is 9.37 Å². The summed E-state index contributed by atoms with van der Waals surface area (Å²) in [4.78, 5) is 73.1. The van der Waals surface area contributed by atoms with E-state index in [0.29, 0.717) is 48.8 Å². The number of aromatic nitrogens is 3. The lowest BCUT2D eigenvalue weighted by atomic mass is 9.80. The Hall–Kier alpha value is -5.87. The Bertz CT molecular complexity index is 2590. The smallest absolute Gasteiger partial charge is 0.247 e. The lowest BCUT2D eigenvalue weighted by Crippen LogP contribution is -2.65. The number of benzene rings is 3. The molecule has 2 bridgehead atoms. The second-order valence-electron chi connectivity index (χ2n) is 17.5. The maximum Gasteiger partial charge on any atom is 0.247 e. The van der Waals surface area contributed by atoms with Crippen LogP contribution in [0.2, 0.25) is 10.0 Å². The quantitative estimate of drug-likeness (QED) is 0.128. The van der Waals surface area contributed by atoms with Gasteiger partial charge in [0.15, 0.2) is 0 Å². The third-order valence-corrected chi connectivity index (χ3v) is 13.4. The average molecular weight is 956 g/mol. The lowest BCUT2D eigenvalue weighted by molar-refractivity contribution is -0.153. The summed E-state index contributed by atoms with van der Waals surface area (Å²) in [6.07, 6.45) is 3.08. The highest BCUT2D eigenvalue weighted by Gasteiger charge is 2.46. The van der Waals surface area contributed by atoms with Gasteiger partial charge in [-0.05, 0) is 106 Å². The fourth-order valence-electron chi connectivity index (χ4n) is 9.16. The number of carbonyl (C=O) groups excluding carboxylic acids is 4. The molecule has 2 aliphatic heterocycles. The molecule has 2 fully saturated rings. The molecule has 0 radical (unpaired) electrons. The van der Waals surface area contributed by atoms with Gasteiger partial charge in [0.25, 0.3) is 0 Å². The number of ether oxygens (including phenoxy) is 2. The summed E-state index contributed by atoms with van der Waals surface area (Å²) < 4.78 is 30.2. The number of hydrogen-bond donors (Lipinski definition) is 2. The lowest BCUT2D eigenvalue weighted by Gasteiger charge is -2.50. The molecule has 0 aliphatic carbocycles. The van der Waals surface area contributed by atoms with Crippen LogP contribution in [0.1, 0.15) is 54.5 Å². The third-order valence-electron chi connectivity index (χ3n) is 12.9. The van der Waals surface area contributed by atoms with Gasteiger partial charge in [0.1, 0.15) is 35.2 Å². The fraction of sp³-hybridized carbons (Fsp3) is 0.400. The SMILES string of the molecule is CNCc1ncc(-c2ccc(Oc3cc(Cl)cc(F)c3CN3C(=O)C[C@@H](Cc4cccc(C)n4)C(=O)N4CCC[C@@](Cc5ccc(Cl)cc5)(C4)N(C)C(=O)[C@H](COC)NC(=O)[C@@H]3C)cc2)n1C. The van der Waals surface area contributed by atoms with Crippen LogP contribution in [0.25, 0.3) is 11.3 Å². The molecule has 2 N–H and O–H groups in total. The van der Waals surface area contributed by atoms with E-state index in [1.165, 1.54) is 25.0 Å². The van der Waals surface area contributed by atoms with Crippen molar-refractivity contribution in [1.29, 1.82) is 0 Å². The normalized spacial score (nSPS) is 20.8. The maximum atomic E-state index is 16.4. The zero-order chi connectivity index (χ0) is 48.0. The van der Waals surface area contributed by atoms with Crippen molar-refractivity contribution in [3.8, 4) is 22.8 Å². The molecule has 2 saturated heterocycles. The second-order valence-corrected chi connectivity index (χ2v) is 18.4. The van der Waals surface area contributed by atoms with E-state index in [0.717, 1.165) is 34.4 Å². The summed E-state index contributed by atoms with van der Waals surface area (Å²) in [5.74, 6) is -2.49. The molecule has 17 heteroatoms. The van der Waals surface area contributed by atoms with Crippen molar-refractivity contribution < 1.29 is 33.0 Å². The van der Waals surface area contributed by atoms with Gasteiger partial charge in [0.05, 0.1) is 43.0 Å². The minimum absolute atomic E-state index is 0.0189. The van der Waals surface area contributed by atoms with Crippen LogP contribution in [0, 0.1) is 18.7 Å². The molecule has 0 unspecified atom stereocenters. The molecule has 5 aromatic rings. The van der Waals surface area contributed by atoms with Gasteiger partial charge in [-0.15, -0.1) is 0 Å². The van der Waals surface area contributed by atoms with Gasteiger partial charge in [0, 0.05) is 79.7 Å². The second kappa shape index (κ2) is 21.4. The monoisotopic (exact) mass is 954 g/mol. The first-order valence-corrected chi connectivity index (χ1v) is 23.1. The van der Waals surface area contributed by atoms with Crippen LogP contribution >= 0.6 is 23.2 Å². The van der Waals surface area contributed by atoms with Crippen molar-refractivity contribution in [2.24, 2.45) is 13.0 Å². The molecular formula is C50H57Cl2FN8O6. The Morgan fingerprint density at radius 2 is 1.72 bits per heavy atom. The van der Waals surface area contributed by atoms with Gasteiger partial charge >= 0.3 is 0 Å². The highest BCUT2D eigenvalue weighted by Crippen LogP contribution is 2.36. The van der Waals surface area contributed by atoms with Crippen molar-refractivity contribution in [1.82, 2.24) is 39.9 Å². The van der Waals surface area contributed by atoms with Crippen LogP contribution in [0.4, 0.5) is 4.39 Å². The van der Waals surface area contributed by atoms with Gasteiger partial charge < -0.3 is 39.4 Å². The number of nitrogens with one attached hydrogen (secondary N) is 2. The molecule has 3 aromatic carbocycles. The number of carbonyl (C=O) groups is 4. The Morgan fingerprint density at radius 1 is 0.970 bits per heavy atom. The minimum Gasteiger partial charge on any atom is -0.457 e. The fourth-order valence-corrected chi connectivity index (χ4v) is 9.48. The van der Waals surface area contributed by atoms with Gasteiger partial charge in [-0.3, -0.25) is 24.2 Å². The molecule has 2 aliphatic rings. The van der Waals surface area contributed by atoms with Gasteiger partial charge in [-0.1, -0.05) is 41.4 Å². The largest absolute Gasteiger partial charge is 0.457 e. The maximum absolute atomic E-state index is 16.4. The Kier molecular flexibility index (Phi) is 15.7. The topological polar surface area (TPSA) is 151 Å². The number of methoxy groups -OCH3 is 1. The molecule has 67 heavy (non-hydrogen) atoms. The first kappa shape index (κ1) is 49.0. The van der Waals surface area contributed by atoms with Crippen LogP contribution in [0.15, 0.2) is 85.1 Å². The van der Waals surface area contributed by atoms with E-state index >= 15 is 14.0 Å². The molecule has 14 nitrogen and oxygen atoms in total. The number of likely N-dealkylation sites (N-methyl/N-ethyl adjacent to an activating group) is 1. The summed E-state index contributed by atoms with van der Waals surface area (Å²) in [6, 6.07) is 20.2. The zero-order valence-electron chi connectivity index (χ0n) is 38.7. The number of pyridine rings is 1. The molecule has 4 atom stereocenters. The minimum atomic E-state index is -1.28. The Labute approximate surface area is 400 Å².